The molecule has 1 atom stereocenters. The van der Waals surface area contributed by atoms with Crippen LogP contribution >= 0.6 is 0 Å². The van der Waals surface area contributed by atoms with E-state index in [0.717, 1.165) is 25.0 Å². The summed E-state index contributed by atoms with van der Waals surface area (Å²) in [6, 6.07) is 8.38. The van der Waals surface area contributed by atoms with E-state index >= 15 is 0 Å². The Morgan fingerprint density at radius 3 is 2.76 bits per heavy atom. The van der Waals surface area contributed by atoms with Crippen LogP contribution < -0.4 is 5.73 Å². The number of nitrogens with zero attached hydrogens (tertiary/aromatic N) is 3. The third kappa shape index (κ3) is 2.95. The maximum atomic E-state index is 6.12. The van der Waals surface area contributed by atoms with Gasteiger partial charge >= 0.3 is 0 Å². The lowest BCUT2D eigenvalue weighted by Gasteiger charge is -2.06. The fourth-order valence-electron chi connectivity index (χ4n) is 2.59. The van der Waals surface area contributed by atoms with Gasteiger partial charge in [-0.25, -0.2) is 4.98 Å². The quantitative estimate of drug-likeness (QED) is 0.782. The Labute approximate surface area is 124 Å². The second-order valence-corrected chi connectivity index (χ2v) is 5.38. The second-order valence-electron chi connectivity index (χ2n) is 5.38. The highest BCUT2D eigenvalue weighted by atomic mass is 15.0. The van der Waals surface area contributed by atoms with Crippen molar-refractivity contribution in [3.05, 3.63) is 60.2 Å². The molecular weight excluding hydrogens is 260 g/mol. The van der Waals surface area contributed by atoms with Crippen molar-refractivity contribution in [2.45, 2.75) is 32.4 Å². The number of aromatic nitrogens is 3. The van der Waals surface area contributed by atoms with E-state index in [1.54, 1.807) is 0 Å². The van der Waals surface area contributed by atoms with Gasteiger partial charge in [-0.2, -0.15) is 0 Å². The fraction of sp³-hybridized carbons (Fsp3) is 0.294. The first-order chi connectivity index (χ1) is 10.3. The topological polar surface area (TPSA) is 56.7 Å². The monoisotopic (exact) mass is 280 g/mol. The van der Waals surface area contributed by atoms with Gasteiger partial charge in [-0.1, -0.05) is 6.92 Å². The van der Waals surface area contributed by atoms with Crippen molar-refractivity contribution < 1.29 is 0 Å². The lowest BCUT2D eigenvalue weighted by Crippen LogP contribution is -2.21. The van der Waals surface area contributed by atoms with Gasteiger partial charge in [0.1, 0.15) is 5.65 Å². The van der Waals surface area contributed by atoms with E-state index in [1.165, 1.54) is 16.5 Å². The maximum absolute atomic E-state index is 6.12. The molecule has 21 heavy (non-hydrogen) atoms. The van der Waals surface area contributed by atoms with Gasteiger partial charge < -0.3 is 10.3 Å². The maximum Gasteiger partial charge on any atom is 0.140 e. The van der Waals surface area contributed by atoms with E-state index < -0.39 is 0 Å². The predicted molar refractivity (Wildman–Crippen MR) is 85.0 cm³/mol. The number of hydrogen-bond donors (Lipinski definition) is 1. The summed E-state index contributed by atoms with van der Waals surface area (Å²) in [6.07, 6.45) is 9.55. The molecule has 108 valence electrons. The summed E-state index contributed by atoms with van der Waals surface area (Å²) in [5, 5.41) is 1.20. The Morgan fingerprint density at radius 2 is 2.00 bits per heavy atom. The Morgan fingerprint density at radius 1 is 1.19 bits per heavy atom. The van der Waals surface area contributed by atoms with E-state index in [2.05, 4.69) is 33.7 Å². The van der Waals surface area contributed by atoms with Gasteiger partial charge in [0, 0.05) is 42.8 Å². The molecule has 0 aliphatic rings. The van der Waals surface area contributed by atoms with E-state index in [0.29, 0.717) is 0 Å². The van der Waals surface area contributed by atoms with Crippen LogP contribution in [0, 0.1) is 0 Å². The van der Waals surface area contributed by atoms with Crippen molar-refractivity contribution >= 4 is 11.0 Å². The zero-order valence-corrected chi connectivity index (χ0v) is 12.2. The van der Waals surface area contributed by atoms with Crippen molar-refractivity contribution in [1.29, 1.82) is 0 Å². The largest absolute Gasteiger partial charge is 0.328 e. The van der Waals surface area contributed by atoms with Gasteiger partial charge in [0.05, 0.1) is 0 Å². The number of nitrogens with two attached hydrogens (primary N) is 1. The number of rotatable bonds is 5. The molecule has 3 aromatic rings. The summed E-state index contributed by atoms with van der Waals surface area (Å²) in [5.74, 6) is 0. The van der Waals surface area contributed by atoms with Gasteiger partial charge in [0.25, 0.3) is 0 Å². The zero-order valence-electron chi connectivity index (χ0n) is 12.2. The van der Waals surface area contributed by atoms with Crippen LogP contribution in [0.1, 0.15) is 24.5 Å². The third-order valence-corrected chi connectivity index (χ3v) is 3.83. The summed E-state index contributed by atoms with van der Waals surface area (Å²) in [5.41, 5.74) is 9.64. The molecule has 2 N–H and O–H groups in total. The summed E-state index contributed by atoms with van der Waals surface area (Å²) in [4.78, 5) is 8.60. The first kappa shape index (κ1) is 13.8. The van der Waals surface area contributed by atoms with Crippen LogP contribution in [-0.4, -0.2) is 20.6 Å². The highest BCUT2D eigenvalue weighted by Gasteiger charge is 2.12. The van der Waals surface area contributed by atoms with E-state index in [1.807, 2.05) is 36.8 Å². The normalized spacial score (nSPS) is 12.7. The van der Waals surface area contributed by atoms with E-state index in [9.17, 15) is 0 Å². The first-order valence-corrected chi connectivity index (χ1v) is 7.35. The van der Waals surface area contributed by atoms with Crippen molar-refractivity contribution in [2.75, 3.05) is 0 Å². The van der Waals surface area contributed by atoms with Crippen LogP contribution in [-0.2, 0) is 13.0 Å². The minimum absolute atomic E-state index is 0.199. The summed E-state index contributed by atoms with van der Waals surface area (Å²) >= 11 is 0. The van der Waals surface area contributed by atoms with Crippen LogP contribution in [0.4, 0.5) is 0 Å². The van der Waals surface area contributed by atoms with Crippen LogP contribution in [0.3, 0.4) is 0 Å². The summed E-state index contributed by atoms with van der Waals surface area (Å²) in [7, 11) is 0. The standard InChI is InChI=1S/C17H20N4/c1-2-15(18)10-14-12-21(11-13-5-8-19-9-6-13)17-16(14)4-3-7-20-17/h3-9,12,15H,2,10-11,18H2,1H3. The Hall–Kier alpha value is -2.20. The number of pyridine rings is 2. The smallest absolute Gasteiger partial charge is 0.140 e. The molecule has 3 rings (SSSR count). The molecule has 4 heteroatoms. The highest BCUT2D eigenvalue weighted by molar-refractivity contribution is 5.80. The average molecular weight is 280 g/mol. The molecule has 0 aliphatic carbocycles. The van der Waals surface area contributed by atoms with Gasteiger partial charge in [0.2, 0.25) is 0 Å². The highest BCUT2D eigenvalue weighted by Crippen LogP contribution is 2.22. The van der Waals surface area contributed by atoms with Gasteiger partial charge in [0.15, 0.2) is 0 Å². The molecule has 3 heterocycles. The molecule has 4 nitrogen and oxygen atoms in total. The summed E-state index contributed by atoms with van der Waals surface area (Å²) < 4.78 is 2.20. The van der Waals surface area contributed by atoms with Crippen molar-refractivity contribution in [3.8, 4) is 0 Å². The molecule has 1 unspecified atom stereocenters. The van der Waals surface area contributed by atoms with Crippen LogP contribution in [0.25, 0.3) is 11.0 Å². The lowest BCUT2D eigenvalue weighted by atomic mass is 10.1. The first-order valence-electron chi connectivity index (χ1n) is 7.35. The number of fused-ring (bicyclic) bond motifs is 1. The molecule has 0 saturated heterocycles. The molecular formula is C17H20N4. The van der Waals surface area contributed by atoms with E-state index in [4.69, 9.17) is 5.73 Å². The van der Waals surface area contributed by atoms with Crippen molar-refractivity contribution in [1.82, 2.24) is 14.5 Å². The van der Waals surface area contributed by atoms with Crippen molar-refractivity contribution in [2.24, 2.45) is 5.73 Å². The Balaban J connectivity index is 1.99. The molecule has 0 amide bonds. The van der Waals surface area contributed by atoms with Gasteiger partial charge in [-0.3, -0.25) is 4.98 Å². The Bertz CT molecular complexity index is 718. The summed E-state index contributed by atoms with van der Waals surface area (Å²) in [6.45, 7) is 2.93. The Kier molecular flexibility index (Phi) is 3.97. The average Bonchev–Trinajstić information content (AvgIpc) is 2.86. The minimum atomic E-state index is 0.199. The molecule has 0 fully saturated rings. The SMILES string of the molecule is CCC(N)Cc1cn(Cc2ccncc2)c2ncccc12. The second kappa shape index (κ2) is 6.06. The molecule has 0 spiro atoms. The third-order valence-electron chi connectivity index (χ3n) is 3.83. The molecule has 0 saturated carbocycles. The lowest BCUT2D eigenvalue weighted by molar-refractivity contribution is 0.646. The van der Waals surface area contributed by atoms with Crippen molar-refractivity contribution in [3.63, 3.8) is 0 Å². The molecule has 0 aromatic carbocycles. The van der Waals surface area contributed by atoms with Crippen LogP contribution in [0.5, 0.6) is 0 Å². The predicted octanol–water partition coefficient (Wildman–Crippen LogP) is 2.76. The molecule has 0 bridgehead atoms. The molecule has 3 aromatic heterocycles. The molecule has 0 radical (unpaired) electrons. The molecule has 0 aliphatic heterocycles. The van der Waals surface area contributed by atoms with Crippen LogP contribution in [0.15, 0.2) is 49.1 Å². The van der Waals surface area contributed by atoms with E-state index in [-0.39, 0.29) is 6.04 Å². The van der Waals surface area contributed by atoms with Gasteiger partial charge in [-0.15, -0.1) is 0 Å². The van der Waals surface area contributed by atoms with Crippen LogP contribution in [0.2, 0.25) is 0 Å². The minimum Gasteiger partial charge on any atom is -0.328 e. The zero-order chi connectivity index (χ0) is 14.7. The van der Waals surface area contributed by atoms with Gasteiger partial charge in [-0.05, 0) is 48.2 Å². The number of hydrogen-bond acceptors (Lipinski definition) is 3. The fourth-order valence-corrected chi connectivity index (χ4v) is 2.59.